The molecule has 6 heteroatoms. The van der Waals surface area contributed by atoms with Crippen LogP contribution in [-0.4, -0.2) is 23.0 Å². The molecule has 2 saturated heterocycles. The zero-order chi connectivity index (χ0) is 13.4. The standard InChI is InChI=1S/C13H16BrN3O2/c14-12-7-11(17(18)19)3-4-13(12)16-10-5-8-1-2-9(6-10)15-8/h3-4,7-10,15-16H,1-2,5-6H2. The van der Waals surface area contributed by atoms with Gasteiger partial charge >= 0.3 is 0 Å². The lowest BCUT2D eigenvalue weighted by Crippen LogP contribution is -2.43. The van der Waals surface area contributed by atoms with E-state index >= 15 is 0 Å². The topological polar surface area (TPSA) is 67.2 Å². The van der Waals surface area contributed by atoms with E-state index < -0.39 is 0 Å². The SMILES string of the molecule is O=[N+]([O-])c1ccc(NC2CC3CCC(C2)N3)c(Br)c1. The summed E-state index contributed by atoms with van der Waals surface area (Å²) in [5.41, 5.74) is 1.06. The molecule has 2 N–H and O–H groups in total. The molecule has 2 atom stereocenters. The summed E-state index contributed by atoms with van der Waals surface area (Å²) in [5.74, 6) is 0. The van der Waals surface area contributed by atoms with Gasteiger partial charge in [-0.1, -0.05) is 0 Å². The Kier molecular flexibility index (Phi) is 3.45. The Morgan fingerprint density at radius 3 is 2.58 bits per heavy atom. The molecule has 0 saturated carbocycles. The maximum atomic E-state index is 10.7. The van der Waals surface area contributed by atoms with Gasteiger partial charge in [-0.3, -0.25) is 10.1 Å². The van der Waals surface area contributed by atoms with Gasteiger partial charge in [0, 0.05) is 40.4 Å². The molecule has 3 rings (SSSR count). The van der Waals surface area contributed by atoms with Gasteiger partial charge in [-0.15, -0.1) is 0 Å². The quantitative estimate of drug-likeness (QED) is 0.662. The first-order chi connectivity index (χ1) is 9.11. The Balaban J connectivity index is 1.71. The number of hydrogen-bond acceptors (Lipinski definition) is 4. The van der Waals surface area contributed by atoms with Crippen LogP contribution in [0.2, 0.25) is 0 Å². The molecular formula is C13H16BrN3O2. The maximum absolute atomic E-state index is 10.7. The van der Waals surface area contributed by atoms with E-state index in [-0.39, 0.29) is 10.6 Å². The van der Waals surface area contributed by atoms with Gasteiger partial charge in [0.05, 0.1) is 4.92 Å². The van der Waals surface area contributed by atoms with Crippen LogP contribution >= 0.6 is 15.9 Å². The Hall–Kier alpha value is -1.14. The van der Waals surface area contributed by atoms with Crippen molar-refractivity contribution in [3.8, 4) is 0 Å². The molecule has 0 aromatic heterocycles. The van der Waals surface area contributed by atoms with Crippen molar-refractivity contribution in [3.05, 3.63) is 32.8 Å². The molecular weight excluding hydrogens is 310 g/mol. The molecule has 0 amide bonds. The molecule has 5 nitrogen and oxygen atoms in total. The fourth-order valence-electron chi connectivity index (χ4n) is 3.13. The van der Waals surface area contributed by atoms with Crippen molar-refractivity contribution in [2.75, 3.05) is 5.32 Å². The summed E-state index contributed by atoms with van der Waals surface area (Å²) in [6, 6.07) is 6.60. The number of rotatable bonds is 3. The number of nitro benzene ring substituents is 1. The van der Waals surface area contributed by atoms with E-state index in [0.29, 0.717) is 18.1 Å². The Morgan fingerprint density at radius 1 is 1.32 bits per heavy atom. The van der Waals surface area contributed by atoms with Crippen molar-refractivity contribution >= 4 is 27.3 Å². The number of nitrogens with one attached hydrogen (secondary N) is 2. The van der Waals surface area contributed by atoms with Crippen LogP contribution in [0, 0.1) is 10.1 Å². The van der Waals surface area contributed by atoms with Crippen molar-refractivity contribution in [2.45, 2.75) is 43.8 Å². The molecule has 102 valence electrons. The summed E-state index contributed by atoms with van der Waals surface area (Å²) >= 11 is 3.41. The minimum atomic E-state index is -0.376. The van der Waals surface area contributed by atoms with Crippen LogP contribution in [0.25, 0.3) is 0 Å². The van der Waals surface area contributed by atoms with Gasteiger partial charge in [-0.25, -0.2) is 0 Å². The third-order valence-electron chi connectivity index (χ3n) is 4.00. The van der Waals surface area contributed by atoms with E-state index in [1.807, 2.05) is 0 Å². The van der Waals surface area contributed by atoms with Gasteiger partial charge in [0.15, 0.2) is 0 Å². The Bertz CT molecular complexity index is 497. The smallest absolute Gasteiger partial charge is 0.270 e. The lowest BCUT2D eigenvalue weighted by atomic mass is 9.99. The molecule has 2 aliphatic rings. The fraction of sp³-hybridized carbons (Fsp3) is 0.538. The predicted octanol–water partition coefficient (Wildman–Crippen LogP) is 3.05. The normalized spacial score (nSPS) is 29.2. The molecule has 2 aliphatic heterocycles. The summed E-state index contributed by atoms with van der Waals surface area (Å²) in [5, 5.41) is 17.8. The van der Waals surface area contributed by atoms with Crippen LogP contribution in [0.3, 0.4) is 0 Å². The predicted molar refractivity (Wildman–Crippen MR) is 77.4 cm³/mol. The molecule has 1 aromatic rings. The van der Waals surface area contributed by atoms with Crippen LogP contribution in [0.1, 0.15) is 25.7 Å². The molecule has 1 aromatic carbocycles. The van der Waals surface area contributed by atoms with Gasteiger partial charge in [0.1, 0.15) is 0 Å². The molecule has 0 radical (unpaired) electrons. The minimum absolute atomic E-state index is 0.114. The molecule has 0 aliphatic carbocycles. The Labute approximate surface area is 120 Å². The number of hydrogen-bond donors (Lipinski definition) is 2. The van der Waals surface area contributed by atoms with Crippen molar-refractivity contribution < 1.29 is 4.92 Å². The zero-order valence-corrected chi connectivity index (χ0v) is 12.0. The highest BCUT2D eigenvalue weighted by atomic mass is 79.9. The van der Waals surface area contributed by atoms with Crippen molar-refractivity contribution in [2.24, 2.45) is 0 Å². The highest BCUT2D eigenvalue weighted by molar-refractivity contribution is 9.10. The number of anilines is 1. The first kappa shape index (κ1) is 12.9. The third-order valence-corrected chi connectivity index (χ3v) is 4.65. The van der Waals surface area contributed by atoms with Gasteiger partial charge < -0.3 is 10.6 Å². The maximum Gasteiger partial charge on any atom is 0.270 e. The fourth-order valence-corrected chi connectivity index (χ4v) is 3.61. The molecule has 19 heavy (non-hydrogen) atoms. The van der Waals surface area contributed by atoms with E-state index in [9.17, 15) is 10.1 Å². The molecule has 2 fully saturated rings. The van der Waals surface area contributed by atoms with Crippen LogP contribution < -0.4 is 10.6 Å². The second-order valence-electron chi connectivity index (χ2n) is 5.37. The number of benzene rings is 1. The van der Waals surface area contributed by atoms with Crippen LogP contribution in [-0.2, 0) is 0 Å². The number of halogens is 1. The lowest BCUT2D eigenvalue weighted by molar-refractivity contribution is -0.384. The number of non-ortho nitro benzene ring substituents is 1. The monoisotopic (exact) mass is 325 g/mol. The first-order valence-corrected chi connectivity index (χ1v) is 7.37. The second-order valence-corrected chi connectivity index (χ2v) is 6.23. The summed E-state index contributed by atoms with van der Waals surface area (Å²) < 4.78 is 0.757. The Morgan fingerprint density at radius 2 is 2.00 bits per heavy atom. The molecule has 2 bridgehead atoms. The van der Waals surface area contributed by atoms with E-state index in [4.69, 9.17) is 0 Å². The van der Waals surface area contributed by atoms with Crippen molar-refractivity contribution in [1.29, 1.82) is 0 Å². The summed E-state index contributed by atoms with van der Waals surface area (Å²) in [6.45, 7) is 0. The number of fused-ring (bicyclic) bond motifs is 2. The summed E-state index contributed by atoms with van der Waals surface area (Å²) in [7, 11) is 0. The van der Waals surface area contributed by atoms with Gasteiger partial charge in [-0.2, -0.15) is 0 Å². The molecule has 2 unspecified atom stereocenters. The number of piperidine rings is 1. The van der Waals surface area contributed by atoms with Gasteiger partial charge in [-0.05, 0) is 47.7 Å². The van der Waals surface area contributed by atoms with Gasteiger partial charge in [0.2, 0.25) is 0 Å². The number of nitro groups is 1. The lowest BCUT2D eigenvalue weighted by Gasteiger charge is -2.30. The highest BCUT2D eigenvalue weighted by Crippen LogP contribution is 2.32. The van der Waals surface area contributed by atoms with Crippen LogP contribution in [0.5, 0.6) is 0 Å². The van der Waals surface area contributed by atoms with E-state index in [1.165, 1.54) is 12.8 Å². The van der Waals surface area contributed by atoms with E-state index in [1.54, 1.807) is 18.2 Å². The van der Waals surface area contributed by atoms with Crippen molar-refractivity contribution in [3.63, 3.8) is 0 Å². The molecule has 0 spiro atoms. The van der Waals surface area contributed by atoms with Crippen LogP contribution in [0.4, 0.5) is 11.4 Å². The van der Waals surface area contributed by atoms with Gasteiger partial charge in [0.25, 0.3) is 5.69 Å². The zero-order valence-electron chi connectivity index (χ0n) is 10.4. The first-order valence-electron chi connectivity index (χ1n) is 6.58. The van der Waals surface area contributed by atoms with E-state index in [2.05, 4.69) is 26.6 Å². The average Bonchev–Trinajstić information content (AvgIpc) is 2.71. The number of nitrogens with zero attached hydrogens (tertiary/aromatic N) is 1. The molecule has 2 heterocycles. The third kappa shape index (κ3) is 2.74. The minimum Gasteiger partial charge on any atom is -0.381 e. The van der Waals surface area contributed by atoms with E-state index in [0.717, 1.165) is 23.0 Å². The largest absolute Gasteiger partial charge is 0.381 e. The van der Waals surface area contributed by atoms with Crippen LogP contribution in [0.15, 0.2) is 22.7 Å². The highest BCUT2D eigenvalue weighted by Gasteiger charge is 2.33. The summed E-state index contributed by atoms with van der Waals surface area (Å²) in [6.07, 6.45) is 4.79. The second kappa shape index (κ2) is 5.09. The average molecular weight is 326 g/mol. The van der Waals surface area contributed by atoms with Crippen molar-refractivity contribution in [1.82, 2.24) is 5.32 Å². The summed E-state index contributed by atoms with van der Waals surface area (Å²) in [4.78, 5) is 10.3.